The van der Waals surface area contributed by atoms with Crippen LogP contribution in [0.3, 0.4) is 0 Å². The topological polar surface area (TPSA) is 66.6 Å². The van der Waals surface area contributed by atoms with Gasteiger partial charge in [0, 0.05) is 31.7 Å². The first-order chi connectivity index (χ1) is 11.6. The Labute approximate surface area is 145 Å². The second-order valence-electron chi connectivity index (χ2n) is 5.75. The molecule has 1 fully saturated rings. The Morgan fingerprint density at radius 1 is 1.16 bits per heavy atom. The maximum Gasteiger partial charge on any atom is 0.416 e. The molecule has 1 aliphatic rings. The second-order valence-corrected chi connectivity index (χ2v) is 7.29. The van der Waals surface area contributed by atoms with E-state index in [2.05, 4.69) is 16.7 Å². The molecule has 0 radical (unpaired) electrons. The first-order valence-electron chi connectivity index (χ1n) is 7.82. The molecular formula is C16H20F3N3O2S. The van der Waals surface area contributed by atoms with Crippen molar-refractivity contribution in [3.63, 3.8) is 0 Å². The Morgan fingerprint density at radius 2 is 1.72 bits per heavy atom. The lowest BCUT2D eigenvalue weighted by Gasteiger charge is -2.35. The van der Waals surface area contributed by atoms with Crippen LogP contribution in [0, 0.1) is 11.8 Å². The van der Waals surface area contributed by atoms with Crippen molar-refractivity contribution in [2.45, 2.75) is 25.6 Å². The summed E-state index contributed by atoms with van der Waals surface area (Å²) in [7, 11) is -3.67. The highest BCUT2D eigenvalue weighted by molar-refractivity contribution is 7.86. The van der Waals surface area contributed by atoms with Crippen LogP contribution in [0.2, 0.25) is 0 Å². The number of benzene rings is 1. The van der Waals surface area contributed by atoms with Crippen LogP contribution in [0.15, 0.2) is 24.3 Å². The zero-order chi connectivity index (χ0) is 18.7. The van der Waals surface area contributed by atoms with E-state index >= 15 is 0 Å². The molecule has 0 amide bonds. The first-order valence-corrected chi connectivity index (χ1v) is 9.32. The predicted octanol–water partition coefficient (Wildman–Crippen LogP) is 1.66. The van der Waals surface area contributed by atoms with Crippen molar-refractivity contribution in [3.05, 3.63) is 35.4 Å². The zero-order valence-electron chi connectivity index (χ0n) is 13.8. The fraction of sp³-hybridized carbons (Fsp3) is 0.500. The third-order valence-electron chi connectivity index (χ3n) is 4.06. The van der Waals surface area contributed by atoms with Crippen LogP contribution in [0.1, 0.15) is 24.5 Å². The lowest BCUT2D eigenvalue weighted by Crippen LogP contribution is -2.53. The number of piperazine rings is 1. The lowest BCUT2D eigenvalue weighted by molar-refractivity contribution is -0.137. The molecule has 0 spiro atoms. The van der Waals surface area contributed by atoms with Gasteiger partial charge in [-0.15, -0.1) is 0 Å². The van der Waals surface area contributed by atoms with Gasteiger partial charge in [0.15, 0.2) is 0 Å². The molecule has 1 aliphatic heterocycles. The normalized spacial score (nSPS) is 18.4. The molecule has 5 nitrogen and oxygen atoms in total. The number of rotatable bonds is 3. The summed E-state index contributed by atoms with van der Waals surface area (Å²) in [5, 5.41) is 5.11. The molecule has 0 aliphatic carbocycles. The van der Waals surface area contributed by atoms with Crippen molar-refractivity contribution in [2.75, 3.05) is 26.2 Å². The number of halogens is 3. The van der Waals surface area contributed by atoms with Gasteiger partial charge in [-0.1, -0.05) is 18.8 Å². The van der Waals surface area contributed by atoms with Gasteiger partial charge >= 0.3 is 6.18 Å². The van der Waals surface area contributed by atoms with Crippen molar-refractivity contribution in [1.82, 2.24) is 9.21 Å². The van der Waals surface area contributed by atoms with Gasteiger partial charge in [0.1, 0.15) is 0 Å². The van der Waals surface area contributed by atoms with E-state index in [1.807, 2.05) is 6.92 Å². The van der Waals surface area contributed by atoms with Crippen LogP contribution in [0.25, 0.3) is 0 Å². The average Bonchev–Trinajstić information content (AvgIpc) is 2.55. The molecule has 9 heteroatoms. The average molecular weight is 375 g/mol. The highest BCUT2D eigenvalue weighted by Crippen LogP contribution is 2.28. The Morgan fingerprint density at radius 3 is 2.16 bits per heavy atom. The molecule has 1 heterocycles. The summed E-state index contributed by atoms with van der Waals surface area (Å²) in [6.45, 7) is 3.58. The Bertz CT molecular complexity index is 744. The molecule has 0 aromatic heterocycles. The summed E-state index contributed by atoms with van der Waals surface area (Å²) in [6.07, 6.45) is -3.63. The number of hydrogen-bond acceptors (Lipinski definition) is 3. The number of alkyl halides is 3. The molecular weight excluding hydrogens is 355 g/mol. The van der Waals surface area contributed by atoms with Crippen molar-refractivity contribution >= 4 is 10.2 Å². The maximum atomic E-state index is 12.5. The largest absolute Gasteiger partial charge is 0.416 e. The van der Waals surface area contributed by atoms with Crippen molar-refractivity contribution < 1.29 is 21.6 Å². The molecule has 2 rings (SSSR count). The van der Waals surface area contributed by atoms with Crippen molar-refractivity contribution in [2.24, 2.45) is 5.14 Å². The maximum absolute atomic E-state index is 12.5. The minimum atomic E-state index is -4.36. The van der Waals surface area contributed by atoms with Gasteiger partial charge in [-0.25, -0.2) is 5.14 Å². The number of nitrogens with two attached hydrogens (primary N) is 1. The summed E-state index contributed by atoms with van der Waals surface area (Å²) >= 11 is 0. The van der Waals surface area contributed by atoms with Gasteiger partial charge in [-0.05, 0) is 30.7 Å². The number of hydrogen-bond donors (Lipinski definition) is 1. The van der Waals surface area contributed by atoms with Crippen LogP contribution >= 0.6 is 0 Å². The molecule has 1 aromatic rings. The molecule has 1 aromatic carbocycles. The lowest BCUT2D eigenvalue weighted by atomic mass is 10.1. The Kier molecular flexibility index (Phi) is 6.11. The van der Waals surface area contributed by atoms with Gasteiger partial charge in [0.05, 0.1) is 11.6 Å². The van der Waals surface area contributed by atoms with Crippen LogP contribution in [0.5, 0.6) is 0 Å². The van der Waals surface area contributed by atoms with E-state index in [-0.39, 0.29) is 6.04 Å². The SMILES string of the molecule is CCC(C#Cc1ccc(C(F)(F)F)cc1)N1CCN(S(N)(=O)=O)CC1. The molecule has 138 valence electrons. The third kappa shape index (κ3) is 5.44. The molecule has 1 saturated heterocycles. The molecule has 2 N–H and O–H groups in total. The fourth-order valence-electron chi connectivity index (χ4n) is 2.63. The van der Waals surface area contributed by atoms with E-state index < -0.39 is 21.9 Å². The summed E-state index contributed by atoms with van der Waals surface area (Å²) in [4.78, 5) is 2.05. The van der Waals surface area contributed by atoms with E-state index in [1.54, 1.807) is 0 Å². The monoisotopic (exact) mass is 375 g/mol. The molecule has 0 saturated carbocycles. The highest BCUT2D eigenvalue weighted by atomic mass is 32.2. The second kappa shape index (κ2) is 7.74. The van der Waals surface area contributed by atoms with E-state index in [4.69, 9.17) is 5.14 Å². The van der Waals surface area contributed by atoms with Gasteiger partial charge < -0.3 is 0 Å². The van der Waals surface area contributed by atoms with E-state index in [0.717, 1.165) is 18.6 Å². The highest BCUT2D eigenvalue weighted by Gasteiger charge is 2.30. The van der Waals surface area contributed by atoms with Gasteiger partial charge in [0.25, 0.3) is 10.2 Å². The molecule has 1 unspecified atom stereocenters. The minimum absolute atomic E-state index is 0.0927. The molecule has 0 bridgehead atoms. The summed E-state index contributed by atoms with van der Waals surface area (Å²) in [5.74, 6) is 5.96. The standard InChI is InChI=1S/C16H20F3N3O2S/c1-2-15(21-9-11-22(12-10-21)25(20,23)24)8-5-13-3-6-14(7-4-13)16(17,18)19/h3-4,6-7,15H,2,9-12H2,1H3,(H2,20,23,24). The zero-order valence-corrected chi connectivity index (χ0v) is 14.6. The Hall–Kier alpha value is -1.60. The Balaban J connectivity index is 2.03. The molecule has 25 heavy (non-hydrogen) atoms. The smallest absolute Gasteiger partial charge is 0.287 e. The molecule has 1 atom stereocenters. The van der Waals surface area contributed by atoms with Crippen molar-refractivity contribution in [3.8, 4) is 11.8 Å². The fourth-order valence-corrected chi connectivity index (χ4v) is 3.30. The summed E-state index contributed by atoms with van der Waals surface area (Å²) in [6, 6.07) is 4.62. The van der Waals surface area contributed by atoms with E-state index in [0.29, 0.717) is 31.7 Å². The number of nitrogens with zero attached hydrogens (tertiary/aromatic N) is 2. The van der Waals surface area contributed by atoms with E-state index in [1.165, 1.54) is 16.4 Å². The summed E-state index contributed by atoms with van der Waals surface area (Å²) < 4.78 is 61.5. The van der Waals surface area contributed by atoms with E-state index in [9.17, 15) is 21.6 Å². The van der Waals surface area contributed by atoms with Crippen LogP contribution in [-0.4, -0.2) is 49.8 Å². The quantitative estimate of drug-likeness (QED) is 0.817. The van der Waals surface area contributed by atoms with Crippen molar-refractivity contribution in [1.29, 1.82) is 0 Å². The van der Waals surface area contributed by atoms with Gasteiger partial charge in [-0.3, -0.25) is 4.90 Å². The van der Waals surface area contributed by atoms with Gasteiger partial charge in [0.2, 0.25) is 0 Å². The van der Waals surface area contributed by atoms with Gasteiger partial charge in [-0.2, -0.15) is 25.9 Å². The van der Waals surface area contributed by atoms with Crippen LogP contribution < -0.4 is 5.14 Å². The predicted molar refractivity (Wildman–Crippen MR) is 88.7 cm³/mol. The minimum Gasteiger partial charge on any atom is -0.287 e. The van der Waals surface area contributed by atoms with Crippen LogP contribution in [-0.2, 0) is 16.4 Å². The van der Waals surface area contributed by atoms with Crippen LogP contribution in [0.4, 0.5) is 13.2 Å². The summed E-state index contributed by atoms with van der Waals surface area (Å²) in [5.41, 5.74) is -0.196. The first kappa shape index (κ1) is 19.7. The third-order valence-corrected chi connectivity index (χ3v) is 5.14.